The molecular formula is C13H18BrFN2OS. The van der Waals surface area contributed by atoms with Crippen LogP contribution in [0.15, 0.2) is 16.6 Å². The van der Waals surface area contributed by atoms with Crippen molar-refractivity contribution < 1.29 is 9.13 Å². The van der Waals surface area contributed by atoms with Gasteiger partial charge in [0.15, 0.2) is 5.82 Å². The van der Waals surface area contributed by atoms with Gasteiger partial charge in [-0.25, -0.2) is 4.39 Å². The maximum absolute atomic E-state index is 14.3. The third kappa shape index (κ3) is 4.12. The fourth-order valence-corrected chi connectivity index (χ4v) is 2.59. The number of rotatable bonds is 7. The quantitative estimate of drug-likeness (QED) is 0.607. The number of anilines is 1. The van der Waals surface area contributed by atoms with Gasteiger partial charge in [0.1, 0.15) is 4.99 Å². The van der Waals surface area contributed by atoms with E-state index in [4.69, 9.17) is 22.7 Å². The van der Waals surface area contributed by atoms with Crippen LogP contribution >= 0.6 is 28.1 Å². The van der Waals surface area contributed by atoms with Gasteiger partial charge in [-0.2, -0.15) is 0 Å². The van der Waals surface area contributed by atoms with Crippen LogP contribution in [-0.2, 0) is 4.74 Å². The summed E-state index contributed by atoms with van der Waals surface area (Å²) >= 11 is 8.09. The molecule has 6 heteroatoms. The summed E-state index contributed by atoms with van der Waals surface area (Å²) in [5, 5.41) is 0. The summed E-state index contributed by atoms with van der Waals surface area (Å²) in [5.41, 5.74) is 6.58. The molecule has 2 N–H and O–H groups in total. The Kier molecular flexibility index (Phi) is 6.68. The molecule has 0 aliphatic heterocycles. The number of benzene rings is 1. The van der Waals surface area contributed by atoms with Gasteiger partial charge in [0.25, 0.3) is 0 Å². The average molecular weight is 349 g/mol. The summed E-state index contributed by atoms with van der Waals surface area (Å²) in [6.07, 6.45) is 0. The van der Waals surface area contributed by atoms with Crippen molar-refractivity contribution >= 4 is 38.8 Å². The number of thiocarbonyl (C=S) groups is 1. The number of hydrogen-bond acceptors (Lipinski definition) is 3. The Labute approximate surface area is 127 Å². The third-order valence-electron chi connectivity index (χ3n) is 2.76. The predicted molar refractivity (Wildman–Crippen MR) is 84.4 cm³/mol. The van der Waals surface area contributed by atoms with Crippen molar-refractivity contribution in [3.63, 3.8) is 0 Å². The molecule has 0 fully saturated rings. The first kappa shape index (κ1) is 16.3. The van der Waals surface area contributed by atoms with E-state index in [1.165, 1.54) is 0 Å². The zero-order valence-electron chi connectivity index (χ0n) is 11.1. The Morgan fingerprint density at radius 1 is 1.47 bits per heavy atom. The van der Waals surface area contributed by atoms with Crippen LogP contribution in [0.5, 0.6) is 0 Å². The first-order valence-electron chi connectivity index (χ1n) is 6.13. The summed E-state index contributed by atoms with van der Waals surface area (Å²) in [7, 11) is 0. The first-order chi connectivity index (χ1) is 9.02. The number of nitrogens with zero attached hydrogens (tertiary/aromatic N) is 1. The van der Waals surface area contributed by atoms with Crippen molar-refractivity contribution in [3.8, 4) is 0 Å². The molecule has 0 radical (unpaired) electrons. The summed E-state index contributed by atoms with van der Waals surface area (Å²) in [6, 6.07) is 3.43. The van der Waals surface area contributed by atoms with E-state index in [9.17, 15) is 4.39 Å². The Morgan fingerprint density at radius 2 is 2.16 bits per heavy atom. The van der Waals surface area contributed by atoms with E-state index in [0.29, 0.717) is 42.0 Å². The van der Waals surface area contributed by atoms with Crippen LogP contribution < -0.4 is 10.6 Å². The second kappa shape index (κ2) is 7.77. The van der Waals surface area contributed by atoms with Gasteiger partial charge in [0, 0.05) is 25.3 Å². The topological polar surface area (TPSA) is 38.5 Å². The van der Waals surface area contributed by atoms with Crippen LogP contribution in [0, 0.1) is 5.82 Å². The highest BCUT2D eigenvalue weighted by Gasteiger charge is 2.16. The second-order valence-electron chi connectivity index (χ2n) is 3.90. The van der Waals surface area contributed by atoms with Crippen molar-refractivity contribution in [2.75, 3.05) is 31.2 Å². The number of nitrogens with two attached hydrogens (primary N) is 1. The minimum atomic E-state index is -0.344. The molecule has 0 saturated carbocycles. The molecule has 0 spiro atoms. The molecule has 0 atom stereocenters. The van der Waals surface area contributed by atoms with Crippen LogP contribution in [-0.4, -0.2) is 31.3 Å². The SMILES string of the molecule is CCOCCN(CC)c1ccc(C(N)=S)c(Br)c1F. The molecule has 1 rings (SSSR count). The molecule has 1 aromatic rings. The van der Waals surface area contributed by atoms with Crippen LogP contribution in [0.25, 0.3) is 0 Å². The molecule has 19 heavy (non-hydrogen) atoms. The molecule has 0 aromatic heterocycles. The van der Waals surface area contributed by atoms with Gasteiger partial charge in [0.2, 0.25) is 0 Å². The second-order valence-corrected chi connectivity index (χ2v) is 5.13. The Bertz CT molecular complexity index is 457. The van der Waals surface area contributed by atoms with E-state index in [-0.39, 0.29) is 10.8 Å². The van der Waals surface area contributed by atoms with E-state index in [1.807, 2.05) is 18.7 Å². The van der Waals surface area contributed by atoms with E-state index in [1.54, 1.807) is 12.1 Å². The van der Waals surface area contributed by atoms with E-state index in [0.717, 1.165) is 0 Å². The van der Waals surface area contributed by atoms with Gasteiger partial charge >= 0.3 is 0 Å². The largest absolute Gasteiger partial charge is 0.389 e. The maximum atomic E-state index is 14.3. The molecule has 3 nitrogen and oxygen atoms in total. The first-order valence-corrected chi connectivity index (χ1v) is 7.33. The van der Waals surface area contributed by atoms with Crippen molar-refractivity contribution in [1.29, 1.82) is 0 Å². The van der Waals surface area contributed by atoms with E-state index in [2.05, 4.69) is 15.9 Å². The molecule has 0 bridgehead atoms. The van der Waals surface area contributed by atoms with Gasteiger partial charge in [-0.1, -0.05) is 12.2 Å². The summed E-state index contributed by atoms with van der Waals surface area (Å²) in [4.78, 5) is 2.09. The average Bonchev–Trinajstić information content (AvgIpc) is 2.38. The van der Waals surface area contributed by atoms with E-state index < -0.39 is 0 Å². The predicted octanol–water partition coefficient (Wildman–Crippen LogP) is 3.09. The van der Waals surface area contributed by atoms with Crippen LogP contribution in [0.2, 0.25) is 0 Å². The lowest BCUT2D eigenvalue weighted by atomic mass is 10.2. The monoisotopic (exact) mass is 348 g/mol. The highest BCUT2D eigenvalue weighted by molar-refractivity contribution is 9.10. The lowest BCUT2D eigenvalue weighted by molar-refractivity contribution is 0.154. The Hall–Kier alpha value is -0.720. The van der Waals surface area contributed by atoms with Gasteiger partial charge in [-0.3, -0.25) is 0 Å². The molecule has 1 aromatic carbocycles. The fraction of sp³-hybridized carbons (Fsp3) is 0.462. The Balaban J connectivity index is 2.99. The lowest BCUT2D eigenvalue weighted by Crippen LogP contribution is -2.28. The molecule has 0 unspecified atom stereocenters. The minimum absolute atomic E-state index is 0.176. The number of ether oxygens (including phenoxy) is 1. The van der Waals surface area contributed by atoms with Crippen LogP contribution in [0.1, 0.15) is 19.4 Å². The number of halogens is 2. The van der Waals surface area contributed by atoms with Crippen LogP contribution in [0.3, 0.4) is 0 Å². The highest BCUT2D eigenvalue weighted by Crippen LogP contribution is 2.29. The highest BCUT2D eigenvalue weighted by atomic mass is 79.9. The zero-order valence-corrected chi connectivity index (χ0v) is 13.5. The van der Waals surface area contributed by atoms with Gasteiger partial charge in [-0.05, 0) is 41.9 Å². The summed E-state index contributed by atoms with van der Waals surface area (Å²) in [5.74, 6) is -0.344. The molecule has 0 heterocycles. The Morgan fingerprint density at radius 3 is 2.68 bits per heavy atom. The normalized spacial score (nSPS) is 10.5. The van der Waals surface area contributed by atoms with Gasteiger partial charge in [0.05, 0.1) is 16.8 Å². The molecule has 0 aliphatic rings. The van der Waals surface area contributed by atoms with Crippen molar-refractivity contribution in [3.05, 3.63) is 28.0 Å². The maximum Gasteiger partial charge on any atom is 0.161 e. The number of likely N-dealkylation sites (N-methyl/N-ethyl adjacent to an activating group) is 1. The molecular weight excluding hydrogens is 331 g/mol. The van der Waals surface area contributed by atoms with E-state index >= 15 is 0 Å². The smallest absolute Gasteiger partial charge is 0.161 e. The van der Waals surface area contributed by atoms with Crippen molar-refractivity contribution in [2.45, 2.75) is 13.8 Å². The zero-order chi connectivity index (χ0) is 14.4. The molecule has 0 aliphatic carbocycles. The minimum Gasteiger partial charge on any atom is -0.389 e. The van der Waals surface area contributed by atoms with Gasteiger partial charge in [-0.15, -0.1) is 0 Å². The summed E-state index contributed by atoms with van der Waals surface area (Å²) < 4.78 is 19.9. The van der Waals surface area contributed by atoms with Crippen molar-refractivity contribution in [2.24, 2.45) is 5.73 Å². The number of hydrogen-bond donors (Lipinski definition) is 1. The fourth-order valence-electron chi connectivity index (χ4n) is 1.74. The van der Waals surface area contributed by atoms with Gasteiger partial charge < -0.3 is 15.4 Å². The summed E-state index contributed by atoms with van der Waals surface area (Å²) in [6.45, 7) is 6.47. The molecule has 106 valence electrons. The molecule has 0 saturated heterocycles. The standard InChI is InChI=1S/C13H18BrFN2OS/c1-3-17(7-8-18-4-2)10-6-5-9(13(16)19)11(14)12(10)15/h5-6H,3-4,7-8H2,1-2H3,(H2,16,19). The lowest BCUT2D eigenvalue weighted by Gasteiger charge is -2.24. The van der Waals surface area contributed by atoms with Crippen LogP contribution in [0.4, 0.5) is 10.1 Å². The third-order valence-corrected chi connectivity index (χ3v) is 3.75. The van der Waals surface area contributed by atoms with Crippen molar-refractivity contribution in [1.82, 2.24) is 0 Å². The molecule has 0 amide bonds.